The molecule has 124 valence electrons. The Hall–Kier alpha value is -2.08. The zero-order valence-corrected chi connectivity index (χ0v) is 13.2. The van der Waals surface area contributed by atoms with E-state index in [1.807, 2.05) is 24.3 Å². The van der Waals surface area contributed by atoms with Crippen molar-refractivity contribution >= 4 is 17.6 Å². The second-order valence-corrected chi connectivity index (χ2v) is 6.22. The van der Waals surface area contributed by atoms with Crippen molar-refractivity contribution in [2.45, 2.75) is 19.3 Å². The predicted molar refractivity (Wildman–Crippen MR) is 87.3 cm³/mol. The van der Waals surface area contributed by atoms with Crippen LogP contribution in [0.15, 0.2) is 24.3 Å². The SMILES string of the molecule is O=C(NCCN1C(=O)Cc2ccccc21)N1CCC[C@H](CO)C1. The van der Waals surface area contributed by atoms with E-state index < -0.39 is 0 Å². The van der Waals surface area contributed by atoms with E-state index in [2.05, 4.69) is 5.32 Å². The molecular weight excluding hydrogens is 294 g/mol. The molecule has 0 spiro atoms. The quantitative estimate of drug-likeness (QED) is 0.870. The highest BCUT2D eigenvalue weighted by molar-refractivity contribution is 6.01. The lowest BCUT2D eigenvalue weighted by Gasteiger charge is -2.32. The van der Waals surface area contributed by atoms with Crippen LogP contribution in [-0.2, 0) is 11.2 Å². The first kappa shape index (κ1) is 15.8. The van der Waals surface area contributed by atoms with Gasteiger partial charge in [0.1, 0.15) is 0 Å². The zero-order valence-electron chi connectivity index (χ0n) is 13.2. The lowest BCUT2D eigenvalue weighted by atomic mass is 9.99. The lowest BCUT2D eigenvalue weighted by molar-refractivity contribution is -0.117. The van der Waals surface area contributed by atoms with Crippen molar-refractivity contribution in [3.8, 4) is 0 Å². The Bertz CT molecular complexity index is 590. The fraction of sp³-hybridized carbons (Fsp3) is 0.529. The van der Waals surface area contributed by atoms with Crippen molar-refractivity contribution in [1.82, 2.24) is 10.2 Å². The molecule has 0 unspecified atom stereocenters. The number of carbonyl (C=O) groups excluding carboxylic acids is 2. The molecule has 2 heterocycles. The van der Waals surface area contributed by atoms with Gasteiger partial charge in [0, 0.05) is 38.5 Å². The lowest BCUT2D eigenvalue weighted by Crippen LogP contribution is -2.48. The first-order valence-electron chi connectivity index (χ1n) is 8.21. The van der Waals surface area contributed by atoms with Crippen LogP contribution in [0.2, 0.25) is 0 Å². The maximum atomic E-state index is 12.2. The number of nitrogens with zero attached hydrogens (tertiary/aromatic N) is 2. The first-order chi connectivity index (χ1) is 11.2. The van der Waals surface area contributed by atoms with Gasteiger partial charge in [-0.05, 0) is 30.4 Å². The topological polar surface area (TPSA) is 72.9 Å². The monoisotopic (exact) mass is 317 g/mol. The Morgan fingerprint density at radius 2 is 2.17 bits per heavy atom. The highest BCUT2D eigenvalue weighted by Crippen LogP contribution is 2.27. The van der Waals surface area contributed by atoms with Crippen molar-refractivity contribution < 1.29 is 14.7 Å². The molecule has 3 rings (SSSR count). The van der Waals surface area contributed by atoms with E-state index in [4.69, 9.17) is 0 Å². The number of urea groups is 1. The van der Waals surface area contributed by atoms with Crippen LogP contribution >= 0.6 is 0 Å². The molecule has 1 aromatic carbocycles. The van der Waals surface area contributed by atoms with Gasteiger partial charge in [0.2, 0.25) is 5.91 Å². The number of piperidine rings is 1. The maximum Gasteiger partial charge on any atom is 0.317 e. The van der Waals surface area contributed by atoms with Gasteiger partial charge in [-0.3, -0.25) is 4.79 Å². The summed E-state index contributed by atoms with van der Waals surface area (Å²) in [6.07, 6.45) is 2.34. The van der Waals surface area contributed by atoms with Crippen LogP contribution in [0, 0.1) is 5.92 Å². The summed E-state index contributed by atoms with van der Waals surface area (Å²) in [5.74, 6) is 0.264. The Kier molecular flexibility index (Phi) is 4.81. The number of hydrogen-bond donors (Lipinski definition) is 2. The molecule has 0 bridgehead atoms. The average molecular weight is 317 g/mol. The third kappa shape index (κ3) is 3.47. The van der Waals surface area contributed by atoms with E-state index in [9.17, 15) is 14.7 Å². The molecule has 6 nitrogen and oxygen atoms in total. The molecule has 0 aromatic heterocycles. The summed E-state index contributed by atoms with van der Waals surface area (Å²) in [5, 5.41) is 12.1. The Balaban J connectivity index is 1.50. The van der Waals surface area contributed by atoms with Crippen LogP contribution in [0.1, 0.15) is 18.4 Å². The minimum atomic E-state index is -0.108. The van der Waals surface area contributed by atoms with E-state index >= 15 is 0 Å². The Morgan fingerprint density at radius 3 is 3.00 bits per heavy atom. The molecule has 3 amide bonds. The van der Waals surface area contributed by atoms with Gasteiger partial charge in [-0.15, -0.1) is 0 Å². The van der Waals surface area contributed by atoms with Crippen molar-refractivity contribution in [3.63, 3.8) is 0 Å². The second-order valence-electron chi connectivity index (χ2n) is 6.22. The number of aliphatic hydroxyl groups excluding tert-OH is 1. The summed E-state index contributed by atoms with van der Waals surface area (Å²) < 4.78 is 0. The molecule has 1 fully saturated rings. The van der Waals surface area contributed by atoms with Gasteiger partial charge in [0.25, 0.3) is 0 Å². The van der Waals surface area contributed by atoms with Gasteiger partial charge in [-0.1, -0.05) is 18.2 Å². The van der Waals surface area contributed by atoms with Crippen LogP contribution in [0.5, 0.6) is 0 Å². The normalized spacial score (nSPS) is 20.6. The minimum absolute atomic E-state index is 0.0822. The molecule has 23 heavy (non-hydrogen) atoms. The van der Waals surface area contributed by atoms with Gasteiger partial charge >= 0.3 is 6.03 Å². The highest BCUT2D eigenvalue weighted by Gasteiger charge is 2.27. The molecule has 1 atom stereocenters. The predicted octanol–water partition coefficient (Wildman–Crippen LogP) is 0.990. The zero-order chi connectivity index (χ0) is 16.2. The summed E-state index contributed by atoms with van der Waals surface area (Å²) in [4.78, 5) is 27.7. The number of hydrogen-bond acceptors (Lipinski definition) is 3. The van der Waals surface area contributed by atoms with Crippen LogP contribution in [0.25, 0.3) is 0 Å². The van der Waals surface area contributed by atoms with Gasteiger partial charge in [-0.2, -0.15) is 0 Å². The van der Waals surface area contributed by atoms with Crippen LogP contribution in [-0.4, -0.2) is 54.7 Å². The van der Waals surface area contributed by atoms with E-state index in [1.54, 1.807) is 9.80 Å². The molecule has 0 aliphatic carbocycles. The summed E-state index contributed by atoms with van der Waals surface area (Å²) in [6.45, 7) is 2.38. The molecule has 1 saturated heterocycles. The Labute approximate surface area is 136 Å². The third-order valence-corrected chi connectivity index (χ3v) is 4.60. The van der Waals surface area contributed by atoms with Gasteiger partial charge in [0.15, 0.2) is 0 Å². The number of fused-ring (bicyclic) bond motifs is 1. The molecule has 2 N–H and O–H groups in total. The van der Waals surface area contributed by atoms with Gasteiger partial charge < -0.3 is 20.2 Å². The fourth-order valence-corrected chi connectivity index (χ4v) is 3.35. The standard InChI is InChI=1S/C17H23N3O3/c21-12-13-4-3-8-19(11-13)17(23)18-7-9-20-15-6-2-1-5-14(15)10-16(20)22/h1-2,5-6,13,21H,3-4,7-12H2,(H,18,23)/t13-/m0/s1. The summed E-state index contributed by atoms with van der Waals surface area (Å²) in [7, 11) is 0. The number of rotatable bonds is 4. The largest absolute Gasteiger partial charge is 0.396 e. The number of anilines is 1. The minimum Gasteiger partial charge on any atom is -0.396 e. The van der Waals surface area contributed by atoms with E-state index in [0.29, 0.717) is 26.1 Å². The van der Waals surface area contributed by atoms with E-state index in [-0.39, 0.29) is 24.5 Å². The molecular formula is C17H23N3O3. The number of amides is 3. The summed E-state index contributed by atoms with van der Waals surface area (Å²) in [5.41, 5.74) is 2.00. The second kappa shape index (κ2) is 7.00. The molecule has 1 aromatic rings. The molecule has 2 aliphatic heterocycles. The van der Waals surface area contributed by atoms with Gasteiger partial charge in [-0.25, -0.2) is 4.79 Å². The van der Waals surface area contributed by atoms with Crippen molar-refractivity contribution in [2.75, 3.05) is 37.7 Å². The number of nitrogens with one attached hydrogen (secondary N) is 1. The summed E-state index contributed by atoms with van der Waals surface area (Å²) in [6, 6.07) is 7.66. The highest BCUT2D eigenvalue weighted by atomic mass is 16.3. The fourth-order valence-electron chi connectivity index (χ4n) is 3.35. The van der Waals surface area contributed by atoms with Gasteiger partial charge in [0.05, 0.1) is 6.42 Å². The van der Waals surface area contributed by atoms with Crippen LogP contribution < -0.4 is 10.2 Å². The molecule has 2 aliphatic rings. The number of para-hydroxylation sites is 1. The third-order valence-electron chi connectivity index (χ3n) is 4.60. The van der Waals surface area contributed by atoms with Crippen molar-refractivity contribution in [2.24, 2.45) is 5.92 Å². The van der Waals surface area contributed by atoms with Crippen molar-refractivity contribution in [1.29, 1.82) is 0 Å². The van der Waals surface area contributed by atoms with Crippen molar-refractivity contribution in [3.05, 3.63) is 29.8 Å². The van der Waals surface area contributed by atoms with E-state index in [0.717, 1.165) is 30.6 Å². The Morgan fingerprint density at radius 1 is 1.35 bits per heavy atom. The number of carbonyl (C=O) groups is 2. The van der Waals surface area contributed by atoms with Crippen LogP contribution in [0.3, 0.4) is 0 Å². The number of benzene rings is 1. The summed E-state index contributed by atoms with van der Waals surface area (Å²) >= 11 is 0. The average Bonchev–Trinajstić information content (AvgIpc) is 2.90. The number of aliphatic hydroxyl groups is 1. The molecule has 0 radical (unpaired) electrons. The maximum absolute atomic E-state index is 12.2. The molecule has 0 saturated carbocycles. The first-order valence-corrected chi connectivity index (χ1v) is 8.21. The number of likely N-dealkylation sites (tertiary alicyclic amines) is 1. The molecule has 6 heteroatoms. The smallest absolute Gasteiger partial charge is 0.317 e. The van der Waals surface area contributed by atoms with Crippen LogP contribution in [0.4, 0.5) is 10.5 Å². The van der Waals surface area contributed by atoms with E-state index in [1.165, 1.54) is 0 Å².